The van der Waals surface area contributed by atoms with Gasteiger partial charge < -0.3 is 23.7 Å². The van der Waals surface area contributed by atoms with Crippen molar-refractivity contribution in [3.63, 3.8) is 0 Å². The van der Waals surface area contributed by atoms with Crippen LogP contribution in [0.15, 0.2) is 60.7 Å². The van der Waals surface area contributed by atoms with Gasteiger partial charge in [0.15, 0.2) is 5.79 Å². The number of benzene rings is 2. The first-order valence-electron chi connectivity index (χ1n) is 11.0. The predicted octanol–water partition coefficient (Wildman–Crippen LogP) is 2.84. The molecule has 0 saturated carbocycles. The average Bonchev–Trinajstić information content (AvgIpc) is 3.28. The van der Waals surface area contributed by atoms with Crippen molar-refractivity contribution in [3.05, 3.63) is 60.7 Å². The zero-order valence-corrected chi connectivity index (χ0v) is 20.1. The molecule has 0 amide bonds. The normalized spacial score (nSPS) is 28.7. The van der Waals surface area contributed by atoms with Crippen molar-refractivity contribution >= 4 is 18.7 Å². The molecule has 0 aromatic heterocycles. The van der Waals surface area contributed by atoms with Crippen LogP contribution in [0, 0.1) is 0 Å². The summed E-state index contributed by atoms with van der Waals surface area (Å²) in [5.74, 6) is -0.662. The number of hydrogen-bond donors (Lipinski definition) is 1. The maximum absolute atomic E-state index is 11.2. The zero-order valence-electron chi connectivity index (χ0n) is 19.1. The summed E-state index contributed by atoms with van der Waals surface area (Å²) in [7, 11) is -2.77. The van der Waals surface area contributed by atoms with Crippen LogP contribution in [-0.4, -0.2) is 56.8 Å². The van der Waals surface area contributed by atoms with Crippen LogP contribution < -0.4 is 10.4 Å². The second kappa shape index (κ2) is 8.43. The minimum atomic E-state index is -2.77. The summed E-state index contributed by atoms with van der Waals surface area (Å²) in [5, 5.41) is 13.4. The first-order valence-corrected chi connectivity index (χ1v) is 13.0. The molecule has 31 heavy (non-hydrogen) atoms. The van der Waals surface area contributed by atoms with Crippen molar-refractivity contribution in [2.75, 3.05) is 13.2 Å². The van der Waals surface area contributed by atoms with E-state index in [2.05, 4.69) is 69.3 Å². The second-order valence-electron chi connectivity index (χ2n) is 9.98. The van der Waals surface area contributed by atoms with Crippen molar-refractivity contribution in [1.29, 1.82) is 0 Å². The molecule has 4 rings (SSSR count). The van der Waals surface area contributed by atoms with Crippen molar-refractivity contribution < 1.29 is 23.7 Å². The maximum atomic E-state index is 11.2. The molecule has 4 atom stereocenters. The molecule has 2 aromatic rings. The van der Waals surface area contributed by atoms with Crippen molar-refractivity contribution in [2.24, 2.45) is 0 Å². The molecular formula is C25H34O5Si. The third-order valence-corrected chi connectivity index (χ3v) is 11.4. The standard InChI is InChI=1S/C25H34O5Si/c1-24(2,3)31(18-12-8-6-9-13-18,19-14-10-7-11-15-19)30-20-16-27-23(22(20)26)21-17-28-25(4,5)29-21/h6-15,20-23,26H,16-17H2,1-5H3/t20-,21+,22+,23+/m0/s1. The van der Waals surface area contributed by atoms with Crippen LogP contribution in [-0.2, 0) is 18.6 Å². The number of hydrogen-bond acceptors (Lipinski definition) is 5. The molecule has 0 radical (unpaired) electrons. The van der Waals surface area contributed by atoms with Gasteiger partial charge in [0.2, 0.25) is 0 Å². The Kier molecular flexibility index (Phi) is 6.16. The smallest absolute Gasteiger partial charge is 0.261 e. The molecule has 0 spiro atoms. The highest BCUT2D eigenvalue weighted by atomic mass is 28.4. The molecule has 2 fully saturated rings. The molecule has 1 N–H and O–H groups in total. The second-order valence-corrected chi connectivity index (χ2v) is 14.2. The van der Waals surface area contributed by atoms with E-state index in [0.717, 1.165) is 0 Å². The summed E-state index contributed by atoms with van der Waals surface area (Å²) in [6.07, 6.45) is -2.00. The topological polar surface area (TPSA) is 57.2 Å². The van der Waals surface area contributed by atoms with Crippen LogP contribution >= 0.6 is 0 Å². The van der Waals surface area contributed by atoms with E-state index in [4.69, 9.17) is 18.6 Å². The van der Waals surface area contributed by atoms with Crippen LogP contribution in [0.2, 0.25) is 5.04 Å². The fraction of sp³-hybridized carbons (Fsp3) is 0.520. The van der Waals surface area contributed by atoms with E-state index in [1.807, 2.05) is 26.0 Å². The van der Waals surface area contributed by atoms with Crippen molar-refractivity contribution in [1.82, 2.24) is 0 Å². The van der Waals surface area contributed by atoms with Gasteiger partial charge in [-0.15, -0.1) is 0 Å². The number of aliphatic hydroxyl groups is 1. The van der Waals surface area contributed by atoms with Crippen LogP contribution in [0.4, 0.5) is 0 Å². The lowest BCUT2D eigenvalue weighted by Gasteiger charge is -2.45. The maximum Gasteiger partial charge on any atom is 0.261 e. The van der Waals surface area contributed by atoms with E-state index >= 15 is 0 Å². The quantitative estimate of drug-likeness (QED) is 0.722. The lowest BCUT2D eigenvalue weighted by atomic mass is 10.1. The van der Waals surface area contributed by atoms with Gasteiger partial charge in [-0.25, -0.2) is 0 Å². The Morgan fingerprint density at radius 2 is 1.48 bits per heavy atom. The average molecular weight is 443 g/mol. The molecule has 2 saturated heterocycles. The summed E-state index contributed by atoms with van der Waals surface area (Å²) in [6, 6.07) is 20.9. The first kappa shape index (κ1) is 22.6. The highest BCUT2D eigenvalue weighted by molar-refractivity contribution is 6.99. The highest BCUT2D eigenvalue weighted by Gasteiger charge is 2.55. The van der Waals surface area contributed by atoms with Crippen LogP contribution in [0.3, 0.4) is 0 Å². The fourth-order valence-electron chi connectivity index (χ4n) is 4.84. The minimum absolute atomic E-state index is 0.164. The molecular weight excluding hydrogens is 408 g/mol. The van der Waals surface area contributed by atoms with Gasteiger partial charge in [-0.05, 0) is 29.3 Å². The monoisotopic (exact) mass is 442 g/mol. The zero-order chi connectivity index (χ0) is 22.3. The Morgan fingerprint density at radius 1 is 0.935 bits per heavy atom. The molecule has 0 aliphatic carbocycles. The van der Waals surface area contributed by atoms with E-state index in [9.17, 15) is 5.11 Å². The van der Waals surface area contributed by atoms with Gasteiger partial charge in [-0.1, -0.05) is 81.4 Å². The molecule has 2 aliphatic heterocycles. The Bertz CT molecular complexity index is 825. The van der Waals surface area contributed by atoms with Gasteiger partial charge in [-0.3, -0.25) is 0 Å². The van der Waals surface area contributed by atoms with E-state index in [0.29, 0.717) is 13.2 Å². The lowest BCUT2D eigenvalue weighted by molar-refractivity contribution is -0.158. The third-order valence-electron chi connectivity index (χ3n) is 6.31. The first-order chi connectivity index (χ1) is 14.6. The summed E-state index contributed by atoms with van der Waals surface area (Å²) in [5.41, 5.74) is 0. The molecule has 0 bridgehead atoms. The summed E-state index contributed by atoms with van der Waals surface area (Å²) in [4.78, 5) is 0. The molecule has 2 aromatic carbocycles. The minimum Gasteiger partial charge on any atom is -0.399 e. The molecule has 5 nitrogen and oxygen atoms in total. The van der Waals surface area contributed by atoms with Crippen LogP contribution in [0.1, 0.15) is 34.6 Å². The van der Waals surface area contributed by atoms with E-state index < -0.39 is 32.4 Å². The largest absolute Gasteiger partial charge is 0.399 e. The van der Waals surface area contributed by atoms with Crippen molar-refractivity contribution in [2.45, 2.75) is 69.9 Å². The third kappa shape index (κ3) is 4.25. The SMILES string of the molecule is CC1(C)OC[C@H]([C@H]2OC[C@H](O[Si](c3ccccc3)(c3ccccc3)C(C)(C)C)[C@H]2O)O1. The molecule has 2 aliphatic rings. The van der Waals surface area contributed by atoms with Gasteiger partial charge in [0.05, 0.1) is 19.3 Å². The number of aliphatic hydroxyl groups excluding tert-OH is 1. The van der Waals surface area contributed by atoms with Gasteiger partial charge in [0.1, 0.15) is 18.3 Å². The number of rotatable bonds is 5. The molecule has 168 valence electrons. The highest BCUT2D eigenvalue weighted by Crippen LogP contribution is 2.39. The predicted molar refractivity (Wildman–Crippen MR) is 123 cm³/mol. The Labute approximate surface area is 186 Å². The Hall–Kier alpha value is -1.54. The van der Waals surface area contributed by atoms with Gasteiger partial charge >= 0.3 is 0 Å². The molecule has 2 heterocycles. The van der Waals surface area contributed by atoms with Crippen LogP contribution in [0.25, 0.3) is 0 Å². The van der Waals surface area contributed by atoms with Crippen LogP contribution in [0.5, 0.6) is 0 Å². The Morgan fingerprint density at radius 3 is 1.94 bits per heavy atom. The lowest BCUT2D eigenvalue weighted by Crippen LogP contribution is -2.68. The number of ether oxygens (including phenoxy) is 3. The van der Waals surface area contributed by atoms with Gasteiger partial charge in [0.25, 0.3) is 8.32 Å². The van der Waals surface area contributed by atoms with Gasteiger partial charge in [-0.2, -0.15) is 0 Å². The molecule has 6 heteroatoms. The van der Waals surface area contributed by atoms with E-state index in [1.165, 1.54) is 10.4 Å². The Balaban J connectivity index is 1.69. The fourth-order valence-corrected chi connectivity index (χ4v) is 9.52. The summed E-state index contributed by atoms with van der Waals surface area (Å²) >= 11 is 0. The summed E-state index contributed by atoms with van der Waals surface area (Å²) < 4.78 is 24.7. The van der Waals surface area contributed by atoms with E-state index in [1.54, 1.807) is 0 Å². The van der Waals surface area contributed by atoms with E-state index in [-0.39, 0.29) is 11.1 Å². The summed E-state index contributed by atoms with van der Waals surface area (Å²) in [6.45, 7) is 11.2. The molecule has 0 unspecified atom stereocenters. The van der Waals surface area contributed by atoms with Gasteiger partial charge in [0, 0.05) is 0 Å². The van der Waals surface area contributed by atoms with Crippen molar-refractivity contribution in [3.8, 4) is 0 Å².